The second-order valence-corrected chi connectivity index (χ2v) is 9.12. The first kappa shape index (κ1) is 21.9. The van der Waals surface area contributed by atoms with Crippen molar-refractivity contribution < 1.29 is 14.6 Å². The van der Waals surface area contributed by atoms with E-state index in [4.69, 9.17) is 4.74 Å². The number of amides is 1. The maximum Gasteiger partial charge on any atom is 0.272 e. The molecule has 3 aromatic rings. The zero-order chi connectivity index (χ0) is 22.8. The summed E-state index contributed by atoms with van der Waals surface area (Å²) in [4.78, 5) is 19.8. The molecule has 0 radical (unpaired) electrons. The molecule has 2 aliphatic rings. The first-order chi connectivity index (χ1) is 16.2. The fourth-order valence-electron chi connectivity index (χ4n) is 5.37. The largest absolute Gasteiger partial charge is 0.392 e. The summed E-state index contributed by atoms with van der Waals surface area (Å²) in [6.07, 6.45) is 6.90. The molecule has 0 bridgehead atoms. The van der Waals surface area contributed by atoms with Crippen molar-refractivity contribution in [3.05, 3.63) is 77.9 Å². The molecule has 6 heteroatoms. The van der Waals surface area contributed by atoms with E-state index in [9.17, 15) is 9.90 Å². The molecule has 0 spiro atoms. The predicted molar refractivity (Wildman–Crippen MR) is 127 cm³/mol. The number of piperidine rings is 1. The van der Waals surface area contributed by atoms with Gasteiger partial charge in [-0.15, -0.1) is 0 Å². The van der Waals surface area contributed by atoms with Crippen molar-refractivity contribution in [3.8, 4) is 11.1 Å². The molecular formula is C27H31N3O3. The molecule has 2 aromatic carbocycles. The summed E-state index contributed by atoms with van der Waals surface area (Å²) in [6, 6.07) is 16.0. The van der Waals surface area contributed by atoms with Crippen LogP contribution >= 0.6 is 0 Å². The second kappa shape index (κ2) is 9.49. The van der Waals surface area contributed by atoms with Crippen molar-refractivity contribution in [2.75, 3.05) is 19.7 Å². The number of hydrogen-bond acceptors (Lipinski definition) is 4. The zero-order valence-corrected chi connectivity index (χ0v) is 19.1. The topological polar surface area (TPSA) is 67.6 Å². The Labute approximate surface area is 194 Å². The van der Waals surface area contributed by atoms with Gasteiger partial charge in [-0.2, -0.15) is 0 Å². The quantitative estimate of drug-likeness (QED) is 0.636. The Balaban J connectivity index is 1.44. The molecule has 2 aliphatic heterocycles. The number of aliphatic hydroxyl groups is 1. The van der Waals surface area contributed by atoms with Crippen molar-refractivity contribution >= 4 is 5.91 Å². The van der Waals surface area contributed by atoms with E-state index in [1.807, 2.05) is 45.9 Å². The van der Waals surface area contributed by atoms with E-state index in [1.54, 1.807) is 12.5 Å². The van der Waals surface area contributed by atoms with Gasteiger partial charge in [-0.3, -0.25) is 4.79 Å². The molecule has 2 saturated heterocycles. The molecule has 0 saturated carbocycles. The fraction of sp³-hybridized carbons (Fsp3) is 0.407. The molecule has 33 heavy (non-hydrogen) atoms. The Morgan fingerprint density at radius 1 is 1.15 bits per heavy atom. The molecule has 3 heterocycles. The predicted octanol–water partition coefficient (Wildman–Crippen LogP) is 4.29. The van der Waals surface area contributed by atoms with Crippen LogP contribution in [0.25, 0.3) is 11.1 Å². The van der Waals surface area contributed by atoms with Crippen LogP contribution < -0.4 is 0 Å². The lowest BCUT2D eigenvalue weighted by molar-refractivity contribution is -0.0629. The van der Waals surface area contributed by atoms with Crippen LogP contribution in [0.5, 0.6) is 0 Å². The minimum atomic E-state index is -0.0992. The Morgan fingerprint density at radius 2 is 1.94 bits per heavy atom. The molecular weight excluding hydrogens is 414 g/mol. The van der Waals surface area contributed by atoms with Gasteiger partial charge < -0.3 is 19.3 Å². The molecule has 1 aromatic heterocycles. The third-order valence-corrected chi connectivity index (χ3v) is 7.23. The number of rotatable bonds is 5. The summed E-state index contributed by atoms with van der Waals surface area (Å²) in [7, 11) is 0. The molecule has 1 amide bonds. The van der Waals surface area contributed by atoms with Crippen LogP contribution in [0.2, 0.25) is 0 Å². The van der Waals surface area contributed by atoms with Gasteiger partial charge in [0.1, 0.15) is 5.69 Å². The van der Waals surface area contributed by atoms with Crippen LogP contribution in [-0.2, 0) is 11.3 Å². The third-order valence-electron chi connectivity index (χ3n) is 7.23. The molecule has 6 nitrogen and oxygen atoms in total. The fourth-order valence-corrected chi connectivity index (χ4v) is 5.37. The first-order valence-corrected chi connectivity index (χ1v) is 11.9. The van der Waals surface area contributed by atoms with E-state index in [2.05, 4.69) is 24.0 Å². The molecule has 0 aliphatic carbocycles. The van der Waals surface area contributed by atoms with Crippen molar-refractivity contribution in [1.29, 1.82) is 0 Å². The van der Waals surface area contributed by atoms with Gasteiger partial charge in [-0.25, -0.2) is 4.98 Å². The first-order valence-electron chi connectivity index (χ1n) is 11.9. The molecule has 1 unspecified atom stereocenters. The van der Waals surface area contributed by atoms with Gasteiger partial charge in [0.2, 0.25) is 0 Å². The smallest absolute Gasteiger partial charge is 0.272 e. The Hall–Kier alpha value is -2.96. The Bertz CT molecular complexity index is 1130. The summed E-state index contributed by atoms with van der Waals surface area (Å²) in [5.41, 5.74) is 4.63. The van der Waals surface area contributed by atoms with Crippen LogP contribution in [-0.4, -0.2) is 51.3 Å². The molecule has 2 fully saturated rings. The van der Waals surface area contributed by atoms with Gasteiger partial charge >= 0.3 is 0 Å². The van der Waals surface area contributed by atoms with Gasteiger partial charge in [0.05, 0.1) is 31.3 Å². The number of imidazole rings is 1. The molecule has 5 rings (SSSR count). The van der Waals surface area contributed by atoms with Crippen LogP contribution in [0.3, 0.4) is 0 Å². The second-order valence-electron chi connectivity index (χ2n) is 9.12. The van der Waals surface area contributed by atoms with Gasteiger partial charge in [0.25, 0.3) is 5.91 Å². The number of aliphatic hydroxyl groups excluding tert-OH is 1. The lowest BCUT2D eigenvalue weighted by Crippen LogP contribution is -2.49. The van der Waals surface area contributed by atoms with E-state index in [0.717, 1.165) is 48.2 Å². The van der Waals surface area contributed by atoms with E-state index < -0.39 is 0 Å². The number of hydrogen-bond donors (Lipinski definition) is 1. The molecule has 3 atom stereocenters. The minimum Gasteiger partial charge on any atom is -0.392 e. The number of carbonyl (C=O) groups is 1. The maximum atomic E-state index is 13.5. The van der Waals surface area contributed by atoms with Crippen molar-refractivity contribution in [2.24, 2.45) is 5.92 Å². The van der Waals surface area contributed by atoms with E-state index >= 15 is 0 Å². The Kier molecular flexibility index (Phi) is 6.29. The number of likely N-dealkylation sites (tertiary alicyclic amines) is 1. The van der Waals surface area contributed by atoms with Crippen molar-refractivity contribution in [3.63, 3.8) is 0 Å². The van der Waals surface area contributed by atoms with E-state index in [-0.39, 0.29) is 24.7 Å². The number of nitrogens with zero attached hydrogens (tertiary/aromatic N) is 3. The summed E-state index contributed by atoms with van der Waals surface area (Å²) in [5, 5.41) is 9.86. The average Bonchev–Trinajstić information content (AvgIpc) is 3.37. The molecule has 1 N–H and O–H groups in total. The van der Waals surface area contributed by atoms with Gasteiger partial charge in [-0.05, 0) is 54.4 Å². The standard InChI is InChI=1S/C27H31N3O3/c1-19(22-9-4-5-11-24(22)23-10-3-2-7-21(23)17-31)30-18-28-15-25(30)27(32)29-13-12-20-8-6-14-33-26(20)16-29/h2-5,7,9-11,15,18-20,26,31H,6,8,12-14,16-17H2,1H3/t19-,20?,26+/m0/s1. The zero-order valence-electron chi connectivity index (χ0n) is 19.1. The normalized spacial score (nSPS) is 21.5. The van der Waals surface area contributed by atoms with Gasteiger partial charge in [0, 0.05) is 19.7 Å². The maximum absolute atomic E-state index is 13.5. The number of fused-ring (bicyclic) bond motifs is 1. The highest BCUT2D eigenvalue weighted by molar-refractivity contribution is 5.92. The van der Waals surface area contributed by atoms with E-state index in [1.165, 1.54) is 6.42 Å². The summed E-state index contributed by atoms with van der Waals surface area (Å²) < 4.78 is 7.95. The SMILES string of the molecule is C[C@@H](c1ccccc1-c1ccccc1CO)n1cncc1C(=O)N1CCC2CCCO[C@@H]2C1. The average molecular weight is 446 g/mol. The number of aromatic nitrogens is 2. The lowest BCUT2D eigenvalue weighted by Gasteiger charge is -2.41. The number of carbonyl (C=O) groups excluding carboxylic acids is 1. The monoisotopic (exact) mass is 445 g/mol. The van der Waals surface area contributed by atoms with Crippen LogP contribution in [0.4, 0.5) is 0 Å². The lowest BCUT2D eigenvalue weighted by atomic mass is 9.87. The Morgan fingerprint density at radius 3 is 2.79 bits per heavy atom. The van der Waals surface area contributed by atoms with Crippen LogP contribution in [0.15, 0.2) is 61.1 Å². The van der Waals surface area contributed by atoms with Gasteiger partial charge in [0.15, 0.2) is 0 Å². The third kappa shape index (κ3) is 4.21. The minimum absolute atomic E-state index is 0.0141. The summed E-state index contributed by atoms with van der Waals surface area (Å²) in [6.45, 7) is 4.29. The highest BCUT2D eigenvalue weighted by Gasteiger charge is 2.35. The summed E-state index contributed by atoms with van der Waals surface area (Å²) >= 11 is 0. The number of ether oxygens (including phenoxy) is 1. The summed E-state index contributed by atoms with van der Waals surface area (Å²) in [5.74, 6) is 0.588. The highest BCUT2D eigenvalue weighted by atomic mass is 16.5. The van der Waals surface area contributed by atoms with Crippen molar-refractivity contribution in [1.82, 2.24) is 14.5 Å². The van der Waals surface area contributed by atoms with Crippen molar-refractivity contribution in [2.45, 2.75) is 44.9 Å². The molecule has 172 valence electrons. The van der Waals surface area contributed by atoms with Crippen LogP contribution in [0, 0.1) is 5.92 Å². The van der Waals surface area contributed by atoms with Crippen LogP contribution in [0.1, 0.15) is 53.8 Å². The van der Waals surface area contributed by atoms with Gasteiger partial charge in [-0.1, -0.05) is 48.5 Å². The number of benzene rings is 2. The van der Waals surface area contributed by atoms with E-state index in [0.29, 0.717) is 18.2 Å². The highest BCUT2D eigenvalue weighted by Crippen LogP contribution is 2.34.